The first-order valence-electron chi connectivity index (χ1n) is 5.17. The van der Waals surface area contributed by atoms with E-state index in [2.05, 4.69) is 4.74 Å². The minimum absolute atomic E-state index is 0.151. The summed E-state index contributed by atoms with van der Waals surface area (Å²) in [6.45, 7) is 0.488. The summed E-state index contributed by atoms with van der Waals surface area (Å²) < 4.78 is 34.8. The molecule has 0 N–H and O–H groups in total. The summed E-state index contributed by atoms with van der Waals surface area (Å²) >= 11 is 0. The molecule has 0 amide bonds. The average Bonchev–Trinajstić information content (AvgIpc) is 2.46. The van der Waals surface area contributed by atoms with E-state index in [1.165, 1.54) is 0 Å². The second-order valence-corrected chi connectivity index (χ2v) is 4.32. The van der Waals surface area contributed by atoms with Crippen molar-refractivity contribution >= 4 is 11.9 Å². The van der Waals surface area contributed by atoms with Gasteiger partial charge in [-0.15, -0.1) is 0 Å². The van der Waals surface area contributed by atoms with Crippen LogP contribution < -0.4 is 0 Å². The van der Waals surface area contributed by atoms with Crippen molar-refractivity contribution in [1.29, 1.82) is 0 Å². The lowest BCUT2D eigenvalue weighted by molar-refractivity contribution is -0.182. The lowest BCUT2D eigenvalue weighted by atomic mass is 9.88. The Morgan fingerprint density at radius 2 is 2.19 bits per heavy atom. The molecule has 4 nitrogen and oxygen atoms in total. The van der Waals surface area contributed by atoms with Gasteiger partial charge in [-0.1, -0.05) is 0 Å². The fraction of sp³-hybridized carbons (Fsp3) is 0.800. The van der Waals surface area contributed by atoms with E-state index in [-0.39, 0.29) is 11.9 Å². The molecule has 16 heavy (non-hydrogen) atoms. The standard InChI is InChI=1S/C10H12F2O4/c1-10(11,12)9(14)16-6-3-2-5-4-7(6)15-8(5)13/h5-7H,2-4H2,1H3. The van der Waals surface area contributed by atoms with E-state index in [1.54, 1.807) is 0 Å². The fourth-order valence-corrected chi connectivity index (χ4v) is 2.06. The van der Waals surface area contributed by atoms with Gasteiger partial charge in [0.25, 0.3) is 0 Å². The van der Waals surface area contributed by atoms with Gasteiger partial charge in [-0.2, -0.15) is 8.78 Å². The monoisotopic (exact) mass is 234 g/mol. The van der Waals surface area contributed by atoms with E-state index < -0.39 is 24.1 Å². The summed E-state index contributed by atoms with van der Waals surface area (Å²) in [6, 6.07) is 0. The van der Waals surface area contributed by atoms with Crippen LogP contribution in [-0.4, -0.2) is 30.1 Å². The lowest BCUT2D eigenvalue weighted by Gasteiger charge is -2.26. The van der Waals surface area contributed by atoms with Gasteiger partial charge in [-0.05, 0) is 12.8 Å². The molecule has 1 aliphatic carbocycles. The molecule has 0 radical (unpaired) electrons. The van der Waals surface area contributed by atoms with Crippen LogP contribution in [0.1, 0.15) is 26.2 Å². The normalized spacial score (nSPS) is 33.4. The highest BCUT2D eigenvalue weighted by Crippen LogP contribution is 2.36. The molecular formula is C10H12F2O4. The van der Waals surface area contributed by atoms with Crippen molar-refractivity contribution in [3.63, 3.8) is 0 Å². The van der Waals surface area contributed by atoms with Crippen molar-refractivity contribution in [1.82, 2.24) is 0 Å². The number of hydrogen-bond acceptors (Lipinski definition) is 4. The molecule has 1 saturated heterocycles. The smallest absolute Gasteiger partial charge is 0.377 e. The van der Waals surface area contributed by atoms with Crippen LogP contribution in [0, 0.1) is 5.92 Å². The zero-order valence-corrected chi connectivity index (χ0v) is 8.74. The first kappa shape index (κ1) is 11.3. The minimum Gasteiger partial charge on any atom is -0.458 e. The van der Waals surface area contributed by atoms with Crippen LogP contribution in [-0.2, 0) is 19.1 Å². The number of ether oxygens (including phenoxy) is 2. The molecule has 0 aromatic heterocycles. The van der Waals surface area contributed by atoms with Crippen LogP contribution in [0.2, 0.25) is 0 Å². The molecule has 2 bridgehead atoms. The summed E-state index contributed by atoms with van der Waals surface area (Å²) in [5, 5.41) is 0. The largest absolute Gasteiger partial charge is 0.458 e. The molecule has 1 aliphatic heterocycles. The number of fused-ring (bicyclic) bond motifs is 2. The molecule has 0 aromatic rings. The predicted octanol–water partition coefficient (Wildman–Crippen LogP) is 1.28. The third kappa shape index (κ3) is 2.01. The molecule has 2 fully saturated rings. The van der Waals surface area contributed by atoms with Gasteiger partial charge in [-0.3, -0.25) is 4.79 Å². The Balaban J connectivity index is 1.97. The van der Waals surface area contributed by atoms with E-state index >= 15 is 0 Å². The van der Waals surface area contributed by atoms with Gasteiger partial charge in [0.15, 0.2) is 0 Å². The SMILES string of the molecule is CC(F)(F)C(=O)OC1CCC2CC1OC2=O. The van der Waals surface area contributed by atoms with Crippen molar-refractivity contribution in [3.8, 4) is 0 Å². The molecule has 0 spiro atoms. The quantitative estimate of drug-likeness (QED) is 0.675. The number of halogens is 2. The molecule has 2 aliphatic rings. The van der Waals surface area contributed by atoms with Crippen LogP contribution in [0.4, 0.5) is 8.78 Å². The number of esters is 2. The Morgan fingerprint density at radius 1 is 1.50 bits per heavy atom. The van der Waals surface area contributed by atoms with Crippen LogP contribution in [0.15, 0.2) is 0 Å². The first-order chi connectivity index (χ1) is 7.38. The van der Waals surface area contributed by atoms with Crippen LogP contribution in [0.5, 0.6) is 0 Å². The first-order valence-corrected chi connectivity index (χ1v) is 5.17. The third-order valence-corrected chi connectivity index (χ3v) is 2.95. The zero-order chi connectivity index (χ0) is 11.9. The van der Waals surface area contributed by atoms with Crippen LogP contribution in [0.3, 0.4) is 0 Å². The molecule has 2 rings (SSSR count). The second kappa shape index (κ2) is 3.68. The second-order valence-electron chi connectivity index (χ2n) is 4.32. The molecule has 6 heteroatoms. The zero-order valence-electron chi connectivity index (χ0n) is 8.74. The molecule has 1 heterocycles. The van der Waals surface area contributed by atoms with Crippen molar-refractivity contribution in [2.24, 2.45) is 5.92 Å². The predicted molar refractivity (Wildman–Crippen MR) is 47.7 cm³/mol. The van der Waals surface area contributed by atoms with Crippen LogP contribution in [0.25, 0.3) is 0 Å². The van der Waals surface area contributed by atoms with Gasteiger partial charge in [0.05, 0.1) is 5.92 Å². The summed E-state index contributed by atoms with van der Waals surface area (Å²) in [5.74, 6) is -5.52. The Morgan fingerprint density at radius 3 is 2.81 bits per heavy atom. The van der Waals surface area contributed by atoms with E-state index in [1.807, 2.05) is 0 Å². The molecule has 90 valence electrons. The molecule has 0 aromatic carbocycles. The third-order valence-electron chi connectivity index (χ3n) is 2.95. The van der Waals surface area contributed by atoms with Gasteiger partial charge in [-0.25, -0.2) is 4.79 Å². The summed E-state index contributed by atoms with van der Waals surface area (Å²) in [5.41, 5.74) is 0. The molecular weight excluding hydrogens is 222 g/mol. The maximum Gasteiger partial charge on any atom is 0.377 e. The van der Waals surface area contributed by atoms with E-state index in [4.69, 9.17) is 4.74 Å². The van der Waals surface area contributed by atoms with E-state index in [0.717, 1.165) is 0 Å². The highest BCUT2D eigenvalue weighted by Gasteiger charge is 2.47. The Kier molecular flexibility index (Phi) is 2.59. The van der Waals surface area contributed by atoms with Crippen molar-refractivity contribution in [2.45, 2.75) is 44.3 Å². The van der Waals surface area contributed by atoms with E-state index in [0.29, 0.717) is 26.2 Å². The Bertz CT molecular complexity index is 323. The maximum absolute atomic E-state index is 12.6. The highest BCUT2D eigenvalue weighted by atomic mass is 19.3. The maximum atomic E-state index is 12.6. The van der Waals surface area contributed by atoms with Gasteiger partial charge in [0.2, 0.25) is 0 Å². The van der Waals surface area contributed by atoms with Gasteiger partial charge < -0.3 is 9.47 Å². The van der Waals surface area contributed by atoms with E-state index in [9.17, 15) is 18.4 Å². The fourth-order valence-electron chi connectivity index (χ4n) is 2.06. The number of carbonyl (C=O) groups excluding carboxylic acids is 2. The molecule has 1 saturated carbocycles. The average molecular weight is 234 g/mol. The van der Waals surface area contributed by atoms with Gasteiger partial charge in [0, 0.05) is 13.3 Å². The molecule has 3 atom stereocenters. The Hall–Kier alpha value is -1.20. The Labute approximate surface area is 90.9 Å². The number of carbonyl (C=O) groups is 2. The summed E-state index contributed by atoms with van der Waals surface area (Å²) in [4.78, 5) is 22.1. The number of rotatable bonds is 2. The highest BCUT2D eigenvalue weighted by molar-refractivity contribution is 5.78. The van der Waals surface area contributed by atoms with Gasteiger partial charge >= 0.3 is 17.9 Å². The minimum atomic E-state index is -3.50. The topological polar surface area (TPSA) is 52.6 Å². The lowest BCUT2D eigenvalue weighted by Crippen LogP contribution is -2.38. The van der Waals surface area contributed by atoms with Crippen molar-refractivity contribution in [2.75, 3.05) is 0 Å². The number of hydrogen-bond donors (Lipinski definition) is 0. The number of alkyl halides is 2. The van der Waals surface area contributed by atoms with Gasteiger partial charge in [0.1, 0.15) is 12.2 Å². The molecule has 3 unspecified atom stereocenters. The van der Waals surface area contributed by atoms with Crippen LogP contribution >= 0.6 is 0 Å². The van der Waals surface area contributed by atoms with Crippen molar-refractivity contribution in [3.05, 3.63) is 0 Å². The van der Waals surface area contributed by atoms with Crippen molar-refractivity contribution < 1.29 is 27.8 Å². The summed E-state index contributed by atoms with van der Waals surface area (Å²) in [6.07, 6.45) is 0.135. The summed E-state index contributed by atoms with van der Waals surface area (Å²) in [7, 11) is 0.